The van der Waals surface area contributed by atoms with E-state index >= 15 is 0 Å². The second-order valence-corrected chi connectivity index (χ2v) is 5.13. The molecule has 0 saturated carbocycles. The van der Waals surface area contributed by atoms with E-state index in [1.165, 1.54) is 10.5 Å². The van der Waals surface area contributed by atoms with Crippen LogP contribution in [0.2, 0.25) is 0 Å². The summed E-state index contributed by atoms with van der Waals surface area (Å²) in [6.45, 7) is 2.13. The second kappa shape index (κ2) is 8.14. The van der Waals surface area contributed by atoms with E-state index in [0.29, 0.717) is 6.42 Å². The van der Waals surface area contributed by atoms with Gasteiger partial charge >= 0.3 is 0 Å². The summed E-state index contributed by atoms with van der Waals surface area (Å²) in [5, 5.41) is 0. The highest BCUT2D eigenvalue weighted by Crippen LogP contribution is 2.23. The van der Waals surface area contributed by atoms with Crippen LogP contribution in [0, 0.1) is 6.92 Å². The fourth-order valence-electron chi connectivity index (χ4n) is 1.54. The lowest BCUT2D eigenvalue weighted by atomic mass is 10.2. The zero-order valence-corrected chi connectivity index (χ0v) is 11.1. The number of nitrogens with one attached hydrogen (secondary N) is 1. The van der Waals surface area contributed by atoms with Crippen LogP contribution in [0.4, 0.5) is 0 Å². The molecule has 0 heterocycles. The van der Waals surface area contributed by atoms with Crippen LogP contribution in [0.3, 0.4) is 0 Å². The minimum absolute atomic E-state index is 0.0726. The van der Waals surface area contributed by atoms with Gasteiger partial charge in [0.05, 0.1) is 0 Å². The Balaban J connectivity index is 2.09. The van der Waals surface area contributed by atoms with Crippen LogP contribution in [0.1, 0.15) is 31.2 Å². The monoisotopic (exact) mass is 252 g/mol. The van der Waals surface area contributed by atoms with Crippen molar-refractivity contribution in [1.29, 1.82) is 0 Å². The Labute approximate surface area is 107 Å². The van der Waals surface area contributed by atoms with E-state index in [1.807, 2.05) is 11.8 Å². The van der Waals surface area contributed by atoms with Gasteiger partial charge < -0.3 is 0 Å². The number of hydrogen-bond donors (Lipinski definition) is 2. The number of thioether (sulfide) groups is 1. The Morgan fingerprint density at radius 3 is 2.76 bits per heavy atom. The van der Waals surface area contributed by atoms with Gasteiger partial charge in [-0.2, -0.15) is 0 Å². The zero-order valence-electron chi connectivity index (χ0n) is 10.2. The fourth-order valence-corrected chi connectivity index (χ4v) is 2.58. The quantitative estimate of drug-likeness (QED) is 0.258. The number of benzene rings is 1. The van der Waals surface area contributed by atoms with Crippen molar-refractivity contribution in [2.45, 2.75) is 37.5 Å². The molecule has 0 atom stereocenters. The molecule has 0 saturated heterocycles. The van der Waals surface area contributed by atoms with E-state index in [0.717, 1.165) is 25.0 Å². The largest absolute Gasteiger partial charge is 0.294 e. The molecule has 17 heavy (non-hydrogen) atoms. The number of unbranched alkanes of at least 4 members (excludes halogenated alkanes) is 2. The first-order chi connectivity index (χ1) is 8.24. The Kier molecular flexibility index (Phi) is 6.74. The number of carbonyl (C=O) groups is 1. The van der Waals surface area contributed by atoms with Crippen molar-refractivity contribution < 1.29 is 4.79 Å². The van der Waals surface area contributed by atoms with Gasteiger partial charge in [0.1, 0.15) is 0 Å². The van der Waals surface area contributed by atoms with E-state index in [1.54, 1.807) is 0 Å². The van der Waals surface area contributed by atoms with Crippen molar-refractivity contribution in [3.05, 3.63) is 29.8 Å². The second-order valence-electron chi connectivity index (χ2n) is 3.99. The molecule has 4 heteroatoms. The molecule has 3 N–H and O–H groups in total. The number of amides is 1. The predicted octanol–water partition coefficient (Wildman–Crippen LogP) is 2.64. The molecule has 1 amide bonds. The first-order valence-corrected chi connectivity index (χ1v) is 6.90. The number of hydrogen-bond acceptors (Lipinski definition) is 3. The summed E-state index contributed by atoms with van der Waals surface area (Å²) < 4.78 is 0. The maximum absolute atomic E-state index is 10.9. The molecule has 0 bridgehead atoms. The van der Waals surface area contributed by atoms with Gasteiger partial charge in [0.15, 0.2) is 0 Å². The van der Waals surface area contributed by atoms with Crippen molar-refractivity contribution in [2.75, 3.05) is 5.75 Å². The van der Waals surface area contributed by atoms with E-state index in [9.17, 15) is 4.79 Å². The molecule has 0 aliphatic rings. The van der Waals surface area contributed by atoms with Gasteiger partial charge in [0, 0.05) is 11.3 Å². The number of nitrogens with two attached hydrogens (primary N) is 1. The fraction of sp³-hybridized carbons (Fsp3) is 0.462. The Morgan fingerprint density at radius 1 is 1.29 bits per heavy atom. The third-order valence-corrected chi connectivity index (χ3v) is 3.82. The van der Waals surface area contributed by atoms with Crippen LogP contribution in [0.25, 0.3) is 0 Å². The van der Waals surface area contributed by atoms with Gasteiger partial charge in [-0.3, -0.25) is 10.2 Å². The Bertz CT molecular complexity index is 355. The smallest absolute Gasteiger partial charge is 0.233 e. The molecular weight excluding hydrogens is 232 g/mol. The molecule has 0 fully saturated rings. The molecule has 1 rings (SSSR count). The minimum Gasteiger partial charge on any atom is -0.294 e. The molecule has 0 unspecified atom stereocenters. The van der Waals surface area contributed by atoms with E-state index < -0.39 is 0 Å². The van der Waals surface area contributed by atoms with Crippen molar-refractivity contribution >= 4 is 17.7 Å². The maximum atomic E-state index is 10.9. The lowest BCUT2D eigenvalue weighted by molar-refractivity contribution is -0.121. The molecule has 0 aromatic heterocycles. The molecule has 1 aromatic rings. The molecule has 1 aromatic carbocycles. The lowest BCUT2D eigenvalue weighted by Gasteiger charge is -2.04. The number of hydrazine groups is 1. The van der Waals surface area contributed by atoms with Gasteiger partial charge in [0.25, 0.3) is 0 Å². The first kappa shape index (κ1) is 14.1. The summed E-state index contributed by atoms with van der Waals surface area (Å²) in [5.74, 6) is 6.04. The zero-order chi connectivity index (χ0) is 12.5. The normalized spacial score (nSPS) is 10.2. The molecule has 0 aliphatic carbocycles. The Hall–Kier alpha value is -1.00. The third-order valence-electron chi connectivity index (χ3n) is 2.56. The number of aryl methyl sites for hydroxylation is 1. The molecule has 94 valence electrons. The summed E-state index contributed by atoms with van der Waals surface area (Å²) in [4.78, 5) is 12.2. The standard InChI is InChI=1S/C13H20N2OS/c1-11-7-4-5-8-12(11)17-10-6-2-3-9-13(16)15-14/h4-5,7-8H,2-3,6,9-10,14H2,1H3,(H,15,16). The van der Waals surface area contributed by atoms with Crippen LogP contribution < -0.4 is 11.3 Å². The minimum atomic E-state index is -0.0726. The molecule has 0 aliphatic heterocycles. The van der Waals surface area contributed by atoms with Crippen molar-refractivity contribution in [3.63, 3.8) is 0 Å². The van der Waals surface area contributed by atoms with Gasteiger partial charge in [0.2, 0.25) is 5.91 Å². The maximum Gasteiger partial charge on any atom is 0.233 e. The lowest BCUT2D eigenvalue weighted by Crippen LogP contribution is -2.29. The van der Waals surface area contributed by atoms with Crippen LogP contribution in [-0.4, -0.2) is 11.7 Å². The van der Waals surface area contributed by atoms with Crippen LogP contribution in [-0.2, 0) is 4.79 Å². The van der Waals surface area contributed by atoms with Crippen LogP contribution in [0.5, 0.6) is 0 Å². The highest BCUT2D eigenvalue weighted by Gasteiger charge is 1.99. The SMILES string of the molecule is Cc1ccccc1SCCCCCC(=O)NN. The highest BCUT2D eigenvalue weighted by molar-refractivity contribution is 7.99. The summed E-state index contributed by atoms with van der Waals surface area (Å²) in [5.41, 5.74) is 3.48. The molecule has 3 nitrogen and oxygen atoms in total. The van der Waals surface area contributed by atoms with Crippen molar-refractivity contribution in [2.24, 2.45) is 5.84 Å². The first-order valence-electron chi connectivity index (χ1n) is 5.92. The van der Waals surface area contributed by atoms with Crippen LogP contribution in [0.15, 0.2) is 29.2 Å². The van der Waals surface area contributed by atoms with Gasteiger partial charge in [-0.05, 0) is 37.1 Å². The predicted molar refractivity (Wildman–Crippen MR) is 72.7 cm³/mol. The average Bonchev–Trinajstić information content (AvgIpc) is 2.35. The molecule has 0 spiro atoms. The van der Waals surface area contributed by atoms with E-state index in [-0.39, 0.29) is 5.91 Å². The van der Waals surface area contributed by atoms with Gasteiger partial charge in [-0.15, -0.1) is 11.8 Å². The van der Waals surface area contributed by atoms with E-state index in [4.69, 9.17) is 5.84 Å². The topological polar surface area (TPSA) is 55.1 Å². The van der Waals surface area contributed by atoms with Crippen LogP contribution >= 0.6 is 11.8 Å². The van der Waals surface area contributed by atoms with Gasteiger partial charge in [-0.1, -0.05) is 24.6 Å². The van der Waals surface area contributed by atoms with Crippen molar-refractivity contribution in [1.82, 2.24) is 5.43 Å². The summed E-state index contributed by atoms with van der Waals surface area (Å²) >= 11 is 1.89. The van der Waals surface area contributed by atoms with Crippen molar-refractivity contribution in [3.8, 4) is 0 Å². The highest BCUT2D eigenvalue weighted by atomic mass is 32.2. The summed E-state index contributed by atoms with van der Waals surface area (Å²) in [7, 11) is 0. The number of carbonyl (C=O) groups excluding carboxylic acids is 1. The Morgan fingerprint density at radius 2 is 2.06 bits per heavy atom. The molecule has 0 radical (unpaired) electrons. The third kappa shape index (κ3) is 5.75. The molecular formula is C13H20N2OS. The number of rotatable bonds is 7. The van der Waals surface area contributed by atoms with Gasteiger partial charge in [-0.25, -0.2) is 5.84 Å². The summed E-state index contributed by atoms with van der Waals surface area (Å²) in [6.07, 6.45) is 3.66. The average molecular weight is 252 g/mol. The van der Waals surface area contributed by atoms with E-state index in [2.05, 4.69) is 36.6 Å². The summed E-state index contributed by atoms with van der Waals surface area (Å²) in [6, 6.07) is 8.42.